The van der Waals surface area contributed by atoms with Gasteiger partial charge in [-0.15, -0.1) is 23.9 Å². The minimum absolute atomic E-state index is 1.63. The van der Waals surface area contributed by atoms with E-state index in [1.807, 2.05) is 24.5 Å². The molecule has 0 atom stereocenters. The quantitative estimate of drug-likeness (QED) is 0.531. The average Bonchev–Trinajstić information content (AvgIpc) is 2.25. The molecule has 0 amide bonds. The van der Waals surface area contributed by atoms with Crippen LogP contribution in [-0.2, 0) is 8.85 Å². The largest absolute Gasteiger partial charge is 0.395 e. The van der Waals surface area contributed by atoms with E-state index in [2.05, 4.69) is 11.1 Å². The van der Waals surface area contributed by atoms with Gasteiger partial charge in [0.1, 0.15) is 0 Å². The van der Waals surface area contributed by atoms with Crippen molar-refractivity contribution in [1.29, 1.82) is 0 Å². The monoisotopic (exact) mass is 224 g/mol. The summed E-state index contributed by atoms with van der Waals surface area (Å²) < 4.78 is 10.6. The predicted octanol–water partition coefficient (Wildman–Crippen LogP) is 1.41. The predicted molar refractivity (Wildman–Crippen MR) is 64.1 cm³/mol. The van der Waals surface area contributed by atoms with Gasteiger partial charge in [-0.25, -0.2) is 0 Å². The summed E-state index contributed by atoms with van der Waals surface area (Å²) in [7, 11) is -1.01. The zero-order valence-electron chi connectivity index (χ0n) is 9.13. The van der Waals surface area contributed by atoms with Crippen LogP contribution in [0.1, 0.15) is 0 Å². The van der Waals surface area contributed by atoms with E-state index in [-0.39, 0.29) is 0 Å². The van der Waals surface area contributed by atoms with Crippen molar-refractivity contribution in [1.82, 2.24) is 0 Å². The number of terminal acetylenes is 2. The molecule has 0 fully saturated rings. The van der Waals surface area contributed by atoms with Gasteiger partial charge in [-0.3, -0.25) is 0 Å². The van der Waals surface area contributed by atoms with Crippen LogP contribution in [0.15, 0.2) is 11.4 Å². The first kappa shape index (κ1) is 13.2. The molecule has 14 heavy (non-hydrogen) atoms. The Morgan fingerprint density at radius 3 is 1.71 bits per heavy atom. The number of hydrogen-bond acceptors (Lipinski definition) is 2. The zero-order valence-corrected chi connectivity index (χ0v) is 11.1. The maximum atomic E-state index is 5.38. The van der Waals surface area contributed by atoms with Gasteiger partial charge >= 0.3 is 8.56 Å². The molecule has 0 aromatic heterocycles. The summed E-state index contributed by atoms with van der Waals surface area (Å²) >= 11 is 0. The highest BCUT2D eigenvalue weighted by Gasteiger charge is 2.27. The summed E-state index contributed by atoms with van der Waals surface area (Å²) in [6.07, 6.45) is 10.8. The summed E-state index contributed by atoms with van der Waals surface area (Å²) in [5.74, 6) is 0. The molecule has 0 rings (SSSR count). The second-order valence-corrected chi connectivity index (χ2v) is 9.75. The molecule has 4 heteroatoms. The molecule has 2 nitrogen and oxygen atoms in total. The molecule has 0 aliphatic carbocycles. The first-order valence-electron chi connectivity index (χ1n) is 4.21. The molecule has 0 bridgehead atoms. The Balaban J connectivity index is 4.76. The lowest BCUT2D eigenvalue weighted by Gasteiger charge is -2.19. The van der Waals surface area contributed by atoms with Crippen LogP contribution < -0.4 is 0 Å². The molecule has 0 saturated carbocycles. The van der Waals surface area contributed by atoms with Crippen molar-refractivity contribution < 1.29 is 8.85 Å². The van der Waals surface area contributed by atoms with Crippen molar-refractivity contribution >= 4 is 16.6 Å². The SMILES string of the molecule is C#C[Si](C)(C#C)/C=C/[Si](C)(OC)OC. The summed E-state index contributed by atoms with van der Waals surface area (Å²) in [5.41, 5.74) is 9.19. The smallest absolute Gasteiger partial charge is 0.360 e. The van der Waals surface area contributed by atoms with Crippen LogP contribution in [0, 0.1) is 23.9 Å². The van der Waals surface area contributed by atoms with Gasteiger partial charge in [-0.2, -0.15) is 0 Å². The van der Waals surface area contributed by atoms with E-state index < -0.39 is 16.6 Å². The summed E-state index contributed by atoms with van der Waals surface area (Å²) in [6.45, 7) is 3.87. The molecule has 0 saturated heterocycles. The minimum atomic E-state index is -2.18. The van der Waals surface area contributed by atoms with Gasteiger partial charge < -0.3 is 8.85 Å². The molecule has 0 aliphatic heterocycles. The highest BCUT2D eigenvalue weighted by molar-refractivity contribution is 6.98. The topological polar surface area (TPSA) is 18.5 Å². The third-order valence-corrected chi connectivity index (χ3v) is 6.89. The van der Waals surface area contributed by atoms with E-state index >= 15 is 0 Å². The Morgan fingerprint density at radius 2 is 1.43 bits per heavy atom. The first-order valence-corrected chi connectivity index (χ1v) is 9.18. The van der Waals surface area contributed by atoms with Crippen LogP contribution in [0.2, 0.25) is 13.1 Å². The average molecular weight is 224 g/mol. The van der Waals surface area contributed by atoms with Gasteiger partial charge in [0.2, 0.25) is 8.07 Å². The van der Waals surface area contributed by atoms with Crippen molar-refractivity contribution in [3.63, 3.8) is 0 Å². The molecule has 0 unspecified atom stereocenters. The van der Waals surface area contributed by atoms with Crippen LogP contribution in [0.25, 0.3) is 0 Å². The molecule has 0 heterocycles. The van der Waals surface area contributed by atoms with Crippen molar-refractivity contribution in [2.24, 2.45) is 0 Å². The normalized spacial score (nSPS) is 12.4. The van der Waals surface area contributed by atoms with Crippen LogP contribution in [0.3, 0.4) is 0 Å². The van der Waals surface area contributed by atoms with Crippen molar-refractivity contribution in [2.45, 2.75) is 13.1 Å². The lowest BCUT2D eigenvalue weighted by atomic mass is 11.2. The van der Waals surface area contributed by atoms with Gasteiger partial charge in [-0.05, 0) is 18.8 Å². The van der Waals surface area contributed by atoms with Crippen LogP contribution in [0.5, 0.6) is 0 Å². The van der Waals surface area contributed by atoms with Gasteiger partial charge in [0, 0.05) is 14.2 Å². The molecule has 0 radical (unpaired) electrons. The van der Waals surface area contributed by atoms with E-state index in [0.717, 1.165) is 0 Å². The van der Waals surface area contributed by atoms with Crippen molar-refractivity contribution in [2.75, 3.05) is 14.2 Å². The lowest BCUT2D eigenvalue weighted by Crippen LogP contribution is -2.36. The molecular weight excluding hydrogens is 208 g/mol. The summed E-state index contributed by atoms with van der Waals surface area (Å²) in [4.78, 5) is 0. The van der Waals surface area contributed by atoms with E-state index in [4.69, 9.17) is 21.7 Å². The van der Waals surface area contributed by atoms with Crippen LogP contribution in [-0.4, -0.2) is 30.9 Å². The van der Waals surface area contributed by atoms with E-state index in [9.17, 15) is 0 Å². The fourth-order valence-corrected chi connectivity index (χ4v) is 3.93. The Bertz CT molecular complexity index is 278. The third-order valence-electron chi connectivity index (χ3n) is 2.13. The Hall–Kier alpha value is -0.786. The first-order chi connectivity index (χ1) is 6.45. The van der Waals surface area contributed by atoms with Gasteiger partial charge in [0.05, 0.1) is 0 Å². The second-order valence-electron chi connectivity index (χ2n) is 3.25. The van der Waals surface area contributed by atoms with E-state index in [0.29, 0.717) is 0 Å². The molecule has 0 N–H and O–H groups in total. The van der Waals surface area contributed by atoms with Crippen molar-refractivity contribution in [3.05, 3.63) is 11.4 Å². The summed E-state index contributed by atoms with van der Waals surface area (Å²) in [6, 6.07) is 0. The highest BCUT2D eigenvalue weighted by atomic mass is 28.4. The van der Waals surface area contributed by atoms with Gasteiger partial charge in [0.15, 0.2) is 0 Å². The maximum Gasteiger partial charge on any atom is 0.360 e. The molecule has 0 aliphatic rings. The van der Waals surface area contributed by atoms with E-state index in [1.54, 1.807) is 14.2 Å². The highest BCUT2D eigenvalue weighted by Crippen LogP contribution is 2.09. The fourth-order valence-electron chi connectivity index (χ4n) is 0.675. The Morgan fingerprint density at radius 1 is 1.00 bits per heavy atom. The van der Waals surface area contributed by atoms with Gasteiger partial charge in [0.25, 0.3) is 0 Å². The molecule has 0 aromatic carbocycles. The lowest BCUT2D eigenvalue weighted by molar-refractivity contribution is 0.264. The number of hydrogen-bond donors (Lipinski definition) is 0. The molecular formula is C10H16O2Si2. The summed E-state index contributed by atoms with van der Waals surface area (Å²) in [5, 5.41) is 0. The van der Waals surface area contributed by atoms with Crippen LogP contribution in [0.4, 0.5) is 0 Å². The molecule has 0 aromatic rings. The number of rotatable bonds is 4. The van der Waals surface area contributed by atoms with Crippen molar-refractivity contribution in [3.8, 4) is 23.9 Å². The Kier molecular flexibility index (Phi) is 4.89. The van der Waals surface area contributed by atoms with Crippen LogP contribution >= 0.6 is 0 Å². The molecule has 76 valence electrons. The standard InChI is InChI=1S/C10H16O2Si2/c1-7-13(5,8-2)9-10-14(6,11-3)12-4/h1-2,9-10H,3-6H3/b10-9+. The maximum absolute atomic E-state index is 5.38. The fraction of sp³-hybridized carbons (Fsp3) is 0.400. The zero-order chi connectivity index (χ0) is 11.2. The second kappa shape index (κ2) is 5.18. The molecule has 0 spiro atoms. The van der Waals surface area contributed by atoms with E-state index in [1.165, 1.54) is 0 Å². The third kappa shape index (κ3) is 3.53. The van der Waals surface area contributed by atoms with Gasteiger partial charge in [-0.1, -0.05) is 5.70 Å². The Labute approximate surface area is 88.6 Å². The minimum Gasteiger partial charge on any atom is -0.395 e.